The number of hydrogen-bond acceptors (Lipinski definition) is 5. The molecule has 126 valence electrons. The standard InChI is InChI=1S/C16H20N6O2/c1-11-15(22(23)24)16(21(3)19-11)17-10-6-9-14-18-12-7-4-5-8-13(12)20(14)2/h4-5,7-8,17H,6,9-10H2,1-3H3. The summed E-state index contributed by atoms with van der Waals surface area (Å²) in [6.45, 7) is 2.26. The number of benzene rings is 1. The predicted molar refractivity (Wildman–Crippen MR) is 92.1 cm³/mol. The van der Waals surface area contributed by atoms with Crippen LogP contribution in [-0.2, 0) is 20.5 Å². The molecule has 0 bridgehead atoms. The molecule has 0 aliphatic carbocycles. The number of hydrogen-bond donors (Lipinski definition) is 1. The van der Waals surface area contributed by atoms with Gasteiger partial charge in [-0.1, -0.05) is 12.1 Å². The summed E-state index contributed by atoms with van der Waals surface area (Å²) < 4.78 is 3.61. The maximum atomic E-state index is 11.2. The van der Waals surface area contributed by atoms with Crippen LogP contribution in [0.4, 0.5) is 11.5 Å². The van der Waals surface area contributed by atoms with Gasteiger partial charge in [-0.3, -0.25) is 10.1 Å². The number of fused-ring (bicyclic) bond motifs is 1. The first-order valence-corrected chi connectivity index (χ1v) is 7.81. The van der Waals surface area contributed by atoms with Crippen LogP contribution in [0.2, 0.25) is 0 Å². The van der Waals surface area contributed by atoms with E-state index in [1.54, 1.807) is 14.0 Å². The second-order valence-corrected chi connectivity index (χ2v) is 5.77. The van der Waals surface area contributed by atoms with Crippen LogP contribution in [0.25, 0.3) is 11.0 Å². The maximum absolute atomic E-state index is 11.2. The number of anilines is 1. The molecule has 0 radical (unpaired) electrons. The summed E-state index contributed by atoms with van der Waals surface area (Å²) in [5, 5.41) is 18.4. The van der Waals surface area contributed by atoms with Crippen LogP contribution in [-0.4, -0.2) is 30.8 Å². The first kappa shape index (κ1) is 16.0. The van der Waals surface area contributed by atoms with E-state index in [0.29, 0.717) is 18.1 Å². The Labute approximate surface area is 139 Å². The quantitative estimate of drug-likeness (QED) is 0.426. The minimum absolute atomic E-state index is 0.0419. The fraction of sp³-hybridized carbons (Fsp3) is 0.375. The second kappa shape index (κ2) is 6.31. The summed E-state index contributed by atoms with van der Waals surface area (Å²) in [6.07, 6.45) is 1.61. The summed E-state index contributed by atoms with van der Waals surface area (Å²) in [7, 11) is 3.71. The van der Waals surface area contributed by atoms with Gasteiger partial charge in [0.05, 0.1) is 16.0 Å². The Morgan fingerprint density at radius 2 is 2.04 bits per heavy atom. The van der Waals surface area contributed by atoms with Gasteiger partial charge in [0, 0.05) is 27.1 Å². The van der Waals surface area contributed by atoms with Crippen molar-refractivity contribution < 1.29 is 4.92 Å². The SMILES string of the molecule is Cc1nn(C)c(NCCCc2nc3ccccc3n2C)c1[N+](=O)[O-]. The molecule has 0 saturated heterocycles. The van der Waals surface area contributed by atoms with E-state index in [1.165, 1.54) is 4.68 Å². The molecule has 0 aliphatic heterocycles. The van der Waals surface area contributed by atoms with Crippen molar-refractivity contribution in [2.24, 2.45) is 14.1 Å². The third kappa shape index (κ3) is 2.82. The topological polar surface area (TPSA) is 90.8 Å². The molecule has 0 saturated carbocycles. The van der Waals surface area contributed by atoms with Crippen molar-refractivity contribution in [3.8, 4) is 0 Å². The van der Waals surface area contributed by atoms with E-state index in [4.69, 9.17) is 0 Å². The number of aromatic nitrogens is 4. The lowest BCUT2D eigenvalue weighted by atomic mass is 10.3. The van der Waals surface area contributed by atoms with E-state index in [0.717, 1.165) is 29.7 Å². The van der Waals surface area contributed by atoms with Crippen LogP contribution >= 0.6 is 0 Å². The summed E-state index contributed by atoms with van der Waals surface area (Å²) in [6, 6.07) is 8.02. The molecule has 0 aliphatic rings. The van der Waals surface area contributed by atoms with E-state index in [2.05, 4.69) is 20.0 Å². The Kier molecular flexibility index (Phi) is 4.20. The van der Waals surface area contributed by atoms with Gasteiger partial charge < -0.3 is 9.88 Å². The number of imidazole rings is 1. The molecule has 2 heterocycles. The summed E-state index contributed by atoms with van der Waals surface area (Å²) in [4.78, 5) is 15.4. The number of rotatable bonds is 6. The van der Waals surface area contributed by atoms with Crippen molar-refractivity contribution in [1.29, 1.82) is 0 Å². The van der Waals surface area contributed by atoms with Gasteiger partial charge in [-0.2, -0.15) is 5.10 Å². The van der Waals surface area contributed by atoms with Crippen molar-refractivity contribution in [3.05, 3.63) is 45.9 Å². The molecule has 1 N–H and O–H groups in total. The fourth-order valence-electron chi connectivity index (χ4n) is 2.94. The molecule has 3 aromatic rings. The molecular formula is C16H20N6O2. The Morgan fingerprint density at radius 1 is 1.29 bits per heavy atom. The fourth-order valence-corrected chi connectivity index (χ4v) is 2.94. The normalized spacial score (nSPS) is 11.1. The molecule has 0 atom stereocenters. The monoisotopic (exact) mass is 328 g/mol. The van der Waals surface area contributed by atoms with E-state index in [9.17, 15) is 10.1 Å². The number of nitro groups is 1. The van der Waals surface area contributed by atoms with Crippen molar-refractivity contribution >= 4 is 22.5 Å². The average molecular weight is 328 g/mol. The minimum Gasteiger partial charge on any atom is -0.365 e. The summed E-state index contributed by atoms with van der Waals surface area (Å²) >= 11 is 0. The zero-order chi connectivity index (χ0) is 17.3. The number of nitrogens with one attached hydrogen (secondary N) is 1. The van der Waals surface area contributed by atoms with Crippen molar-refractivity contribution in [1.82, 2.24) is 19.3 Å². The molecule has 8 nitrogen and oxygen atoms in total. The lowest BCUT2D eigenvalue weighted by Gasteiger charge is -2.06. The van der Waals surface area contributed by atoms with Gasteiger partial charge in [-0.05, 0) is 25.5 Å². The highest BCUT2D eigenvalue weighted by Gasteiger charge is 2.23. The van der Waals surface area contributed by atoms with Gasteiger partial charge in [-0.15, -0.1) is 0 Å². The predicted octanol–water partition coefficient (Wildman–Crippen LogP) is 2.57. The smallest absolute Gasteiger partial charge is 0.333 e. The second-order valence-electron chi connectivity index (χ2n) is 5.77. The van der Waals surface area contributed by atoms with E-state index >= 15 is 0 Å². The van der Waals surface area contributed by atoms with Crippen LogP contribution in [0.15, 0.2) is 24.3 Å². The number of aryl methyl sites for hydroxylation is 4. The lowest BCUT2D eigenvalue weighted by molar-refractivity contribution is -0.384. The first-order valence-electron chi connectivity index (χ1n) is 7.81. The van der Waals surface area contributed by atoms with Crippen molar-refractivity contribution in [2.75, 3.05) is 11.9 Å². The molecule has 0 unspecified atom stereocenters. The Hall–Kier alpha value is -2.90. The van der Waals surface area contributed by atoms with Crippen LogP contribution in [0.1, 0.15) is 17.9 Å². The lowest BCUT2D eigenvalue weighted by Crippen LogP contribution is -2.10. The molecule has 3 rings (SSSR count). The molecule has 2 aromatic heterocycles. The zero-order valence-corrected chi connectivity index (χ0v) is 14.0. The van der Waals surface area contributed by atoms with E-state index < -0.39 is 4.92 Å². The summed E-state index contributed by atoms with van der Waals surface area (Å²) in [5.41, 5.74) is 2.56. The third-order valence-electron chi connectivity index (χ3n) is 4.12. The van der Waals surface area contributed by atoms with E-state index in [-0.39, 0.29) is 5.69 Å². The highest BCUT2D eigenvalue weighted by molar-refractivity contribution is 5.75. The van der Waals surface area contributed by atoms with Crippen LogP contribution in [0.5, 0.6) is 0 Å². The van der Waals surface area contributed by atoms with Crippen LogP contribution in [0.3, 0.4) is 0 Å². The zero-order valence-electron chi connectivity index (χ0n) is 14.0. The Bertz CT molecular complexity index is 895. The molecular weight excluding hydrogens is 308 g/mol. The Balaban J connectivity index is 1.65. The van der Waals surface area contributed by atoms with Crippen molar-refractivity contribution in [2.45, 2.75) is 19.8 Å². The molecule has 0 amide bonds. The van der Waals surface area contributed by atoms with Gasteiger partial charge in [0.15, 0.2) is 0 Å². The average Bonchev–Trinajstić information content (AvgIpc) is 3.01. The number of para-hydroxylation sites is 2. The largest absolute Gasteiger partial charge is 0.365 e. The van der Waals surface area contributed by atoms with Gasteiger partial charge in [-0.25, -0.2) is 9.67 Å². The molecule has 1 aromatic carbocycles. The minimum atomic E-state index is -0.393. The molecule has 0 spiro atoms. The van der Waals surface area contributed by atoms with Gasteiger partial charge in [0.25, 0.3) is 0 Å². The van der Waals surface area contributed by atoms with Gasteiger partial charge in [0.2, 0.25) is 5.82 Å². The molecule has 0 fully saturated rings. The van der Waals surface area contributed by atoms with Gasteiger partial charge in [0.1, 0.15) is 11.5 Å². The van der Waals surface area contributed by atoms with Gasteiger partial charge >= 0.3 is 5.69 Å². The molecule has 24 heavy (non-hydrogen) atoms. The van der Waals surface area contributed by atoms with Crippen molar-refractivity contribution in [3.63, 3.8) is 0 Å². The van der Waals surface area contributed by atoms with Crippen LogP contribution in [0, 0.1) is 17.0 Å². The highest BCUT2D eigenvalue weighted by atomic mass is 16.6. The summed E-state index contributed by atoms with van der Waals surface area (Å²) in [5.74, 6) is 1.45. The van der Waals surface area contributed by atoms with Crippen LogP contribution < -0.4 is 5.32 Å². The van der Waals surface area contributed by atoms with E-state index in [1.807, 2.05) is 31.3 Å². The molecule has 8 heteroatoms. The maximum Gasteiger partial charge on any atom is 0.333 e. The Morgan fingerprint density at radius 3 is 2.75 bits per heavy atom. The number of nitrogens with zero attached hydrogens (tertiary/aromatic N) is 5. The highest BCUT2D eigenvalue weighted by Crippen LogP contribution is 2.27. The first-order chi connectivity index (χ1) is 11.5. The third-order valence-corrected chi connectivity index (χ3v) is 4.12.